The number of carbonyl (C=O) groups excluding carboxylic acids is 2. The topological polar surface area (TPSA) is 58.6 Å². The Balaban J connectivity index is 2.76. The molecule has 0 bridgehead atoms. The van der Waals surface area contributed by atoms with E-state index in [2.05, 4.69) is 5.32 Å². The largest absolute Gasteiger partial charge is 0.495 e. The Morgan fingerprint density at radius 1 is 1.38 bits per heavy atom. The number of nitrogens with zero attached hydrogens (tertiary/aromatic N) is 1. The first-order valence-corrected chi connectivity index (χ1v) is 7.10. The van der Waals surface area contributed by atoms with E-state index >= 15 is 0 Å². The molecule has 116 valence electrons. The standard InChI is InChI=1S/C15H21ClN2O3/c1-10(2)8-18(11(3)19)9-15(20)17-13-7-12(16)5-6-14(13)21-4/h5-7,10H,8-9H2,1-4H3,(H,17,20). The van der Waals surface area contributed by atoms with Crippen molar-refractivity contribution in [2.75, 3.05) is 25.5 Å². The van der Waals surface area contributed by atoms with E-state index in [1.165, 1.54) is 18.9 Å². The zero-order valence-electron chi connectivity index (χ0n) is 12.8. The summed E-state index contributed by atoms with van der Waals surface area (Å²) in [5.41, 5.74) is 0.489. The number of benzene rings is 1. The van der Waals surface area contributed by atoms with E-state index in [-0.39, 0.29) is 18.4 Å². The van der Waals surface area contributed by atoms with Gasteiger partial charge in [-0.05, 0) is 24.1 Å². The van der Waals surface area contributed by atoms with Crippen LogP contribution in [0.5, 0.6) is 5.75 Å². The molecule has 0 atom stereocenters. The number of halogens is 1. The summed E-state index contributed by atoms with van der Waals surface area (Å²) < 4.78 is 5.16. The number of hydrogen-bond donors (Lipinski definition) is 1. The number of carbonyl (C=O) groups is 2. The van der Waals surface area contributed by atoms with Gasteiger partial charge in [-0.15, -0.1) is 0 Å². The average Bonchev–Trinajstić information content (AvgIpc) is 2.37. The molecule has 0 heterocycles. The summed E-state index contributed by atoms with van der Waals surface area (Å²) in [6.07, 6.45) is 0. The van der Waals surface area contributed by atoms with Crippen LogP contribution in [0.1, 0.15) is 20.8 Å². The molecule has 1 rings (SSSR count). The van der Waals surface area contributed by atoms with Gasteiger partial charge in [-0.2, -0.15) is 0 Å². The number of nitrogens with one attached hydrogen (secondary N) is 1. The Morgan fingerprint density at radius 3 is 2.57 bits per heavy atom. The van der Waals surface area contributed by atoms with Crippen LogP contribution in [0.2, 0.25) is 5.02 Å². The molecule has 2 amide bonds. The molecule has 0 aliphatic rings. The zero-order valence-corrected chi connectivity index (χ0v) is 13.5. The van der Waals surface area contributed by atoms with Crippen molar-refractivity contribution in [2.24, 2.45) is 5.92 Å². The smallest absolute Gasteiger partial charge is 0.244 e. The molecule has 5 nitrogen and oxygen atoms in total. The predicted molar refractivity (Wildman–Crippen MR) is 83.7 cm³/mol. The highest BCUT2D eigenvalue weighted by Crippen LogP contribution is 2.27. The second-order valence-corrected chi connectivity index (χ2v) is 5.62. The lowest BCUT2D eigenvalue weighted by atomic mass is 10.2. The maximum absolute atomic E-state index is 12.1. The average molecular weight is 313 g/mol. The summed E-state index contributed by atoms with van der Waals surface area (Å²) in [5, 5.41) is 3.22. The maximum Gasteiger partial charge on any atom is 0.244 e. The van der Waals surface area contributed by atoms with Crippen LogP contribution in [-0.2, 0) is 9.59 Å². The predicted octanol–water partition coefficient (Wildman–Crippen LogP) is 2.79. The number of amides is 2. The van der Waals surface area contributed by atoms with E-state index < -0.39 is 0 Å². The summed E-state index contributed by atoms with van der Waals surface area (Å²) in [6.45, 7) is 5.98. The van der Waals surface area contributed by atoms with Gasteiger partial charge in [0.15, 0.2) is 0 Å². The van der Waals surface area contributed by atoms with Gasteiger partial charge in [0.05, 0.1) is 19.3 Å². The number of methoxy groups -OCH3 is 1. The summed E-state index contributed by atoms with van der Waals surface area (Å²) in [7, 11) is 1.51. The third kappa shape index (κ3) is 5.63. The van der Waals surface area contributed by atoms with Crippen LogP contribution < -0.4 is 10.1 Å². The van der Waals surface area contributed by atoms with Crippen LogP contribution in [0.4, 0.5) is 5.69 Å². The molecular weight excluding hydrogens is 292 g/mol. The van der Waals surface area contributed by atoms with Crippen molar-refractivity contribution in [2.45, 2.75) is 20.8 Å². The number of hydrogen-bond acceptors (Lipinski definition) is 3. The normalized spacial score (nSPS) is 10.4. The van der Waals surface area contributed by atoms with Crippen molar-refractivity contribution in [1.29, 1.82) is 0 Å². The van der Waals surface area contributed by atoms with Crippen LogP contribution in [0, 0.1) is 5.92 Å². The number of rotatable bonds is 6. The maximum atomic E-state index is 12.1. The van der Waals surface area contributed by atoms with Gasteiger partial charge in [0.25, 0.3) is 0 Å². The van der Waals surface area contributed by atoms with Gasteiger partial charge in [-0.25, -0.2) is 0 Å². The van der Waals surface area contributed by atoms with Crippen LogP contribution in [0.25, 0.3) is 0 Å². The minimum atomic E-state index is -0.286. The summed E-state index contributed by atoms with van der Waals surface area (Å²) in [4.78, 5) is 25.1. The van der Waals surface area contributed by atoms with Crippen LogP contribution >= 0.6 is 11.6 Å². The Labute approximate surface area is 130 Å². The first kappa shape index (κ1) is 17.3. The molecule has 1 aromatic rings. The molecule has 1 N–H and O–H groups in total. The fourth-order valence-electron chi connectivity index (χ4n) is 1.89. The molecular formula is C15H21ClN2O3. The third-order valence-electron chi connectivity index (χ3n) is 2.80. The van der Waals surface area contributed by atoms with Crippen LogP contribution in [0.15, 0.2) is 18.2 Å². The lowest BCUT2D eigenvalue weighted by Crippen LogP contribution is -2.38. The molecule has 1 aromatic carbocycles. The van der Waals surface area contributed by atoms with Gasteiger partial charge in [0.1, 0.15) is 5.75 Å². The van der Waals surface area contributed by atoms with Gasteiger partial charge in [-0.1, -0.05) is 25.4 Å². The quantitative estimate of drug-likeness (QED) is 0.878. The van der Waals surface area contributed by atoms with Crippen LogP contribution in [0.3, 0.4) is 0 Å². The van der Waals surface area contributed by atoms with Gasteiger partial charge < -0.3 is 15.0 Å². The molecule has 0 fully saturated rings. The second kappa shape index (κ2) is 7.88. The highest BCUT2D eigenvalue weighted by molar-refractivity contribution is 6.31. The molecule has 0 spiro atoms. The molecule has 6 heteroatoms. The van der Waals surface area contributed by atoms with Gasteiger partial charge in [0, 0.05) is 18.5 Å². The van der Waals surface area contributed by atoms with Crippen molar-refractivity contribution in [1.82, 2.24) is 4.90 Å². The van der Waals surface area contributed by atoms with E-state index in [1.807, 2.05) is 13.8 Å². The summed E-state index contributed by atoms with van der Waals surface area (Å²) in [5.74, 6) is 0.400. The first-order valence-electron chi connectivity index (χ1n) is 6.72. The monoisotopic (exact) mass is 312 g/mol. The fourth-order valence-corrected chi connectivity index (χ4v) is 2.06. The second-order valence-electron chi connectivity index (χ2n) is 5.19. The molecule has 0 saturated heterocycles. The van der Waals surface area contributed by atoms with Crippen molar-refractivity contribution in [3.8, 4) is 5.75 Å². The lowest BCUT2D eigenvalue weighted by Gasteiger charge is -2.22. The summed E-state index contributed by atoms with van der Waals surface area (Å²) in [6, 6.07) is 4.96. The van der Waals surface area contributed by atoms with Gasteiger partial charge in [0.2, 0.25) is 11.8 Å². The third-order valence-corrected chi connectivity index (χ3v) is 3.04. The van der Waals surface area contributed by atoms with Gasteiger partial charge >= 0.3 is 0 Å². The molecule has 0 aliphatic heterocycles. The molecule has 0 saturated carbocycles. The van der Waals surface area contributed by atoms with E-state index in [0.717, 1.165) is 0 Å². The van der Waals surface area contributed by atoms with Crippen molar-refractivity contribution in [3.63, 3.8) is 0 Å². The molecule has 21 heavy (non-hydrogen) atoms. The Kier molecular flexibility index (Phi) is 6.49. The Hall–Kier alpha value is -1.75. The highest BCUT2D eigenvalue weighted by atomic mass is 35.5. The molecule has 0 unspecified atom stereocenters. The van der Waals surface area contributed by atoms with E-state index in [0.29, 0.717) is 28.9 Å². The Bertz CT molecular complexity index is 518. The molecule has 0 aromatic heterocycles. The lowest BCUT2D eigenvalue weighted by molar-refractivity contribution is -0.133. The minimum Gasteiger partial charge on any atom is -0.495 e. The van der Waals surface area contributed by atoms with E-state index in [9.17, 15) is 9.59 Å². The minimum absolute atomic E-state index is 0.00316. The van der Waals surface area contributed by atoms with E-state index in [1.54, 1.807) is 18.2 Å². The number of anilines is 1. The Morgan fingerprint density at radius 2 is 2.05 bits per heavy atom. The zero-order chi connectivity index (χ0) is 16.0. The van der Waals surface area contributed by atoms with Gasteiger partial charge in [-0.3, -0.25) is 9.59 Å². The van der Waals surface area contributed by atoms with Crippen molar-refractivity contribution in [3.05, 3.63) is 23.2 Å². The molecule has 0 aliphatic carbocycles. The summed E-state index contributed by atoms with van der Waals surface area (Å²) >= 11 is 5.91. The molecule has 0 radical (unpaired) electrons. The first-order chi connectivity index (χ1) is 9.83. The van der Waals surface area contributed by atoms with Crippen molar-refractivity contribution < 1.29 is 14.3 Å². The van der Waals surface area contributed by atoms with E-state index in [4.69, 9.17) is 16.3 Å². The fraction of sp³-hybridized carbons (Fsp3) is 0.467. The SMILES string of the molecule is COc1ccc(Cl)cc1NC(=O)CN(CC(C)C)C(C)=O. The van der Waals surface area contributed by atoms with Crippen LogP contribution in [-0.4, -0.2) is 36.9 Å². The number of ether oxygens (including phenoxy) is 1. The van der Waals surface area contributed by atoms with Crippen molar-refractivity contribution >= 4 is 29.1 Å². The highest BCUT2D eigenvalue weighted by Gasteiger charge is 2.16.